The lowest BCUT2D eigenvalue weighted by molar-refractivity contribution is -0.385. The number of ether oxygens (including phenoxy) is 2. The second kappa shape index (κ2) is 5.29. The van der Waals surface area contributed by atoms with Gasteiger partial charge in [-0.3, -0.25) is 14.7 Å². The van der Waals surface area contributed by atoms with E-state index < -0.39 is 22.3 Å². The van der Waals surface area contributed by atoms with Crippen molar-refractivity contribution >= 4 is 17.0 Å². The molecule has 2 N–H and O–H groups in total. The number of nitrogens with one attached hydrogen (secondary N) is 1. The topological polar surface area (TPSA) is 111 Å². The Bertz CT molecular complexity index is 494. The summed E-state index contributed by atoms with van der Waals surface area (Å²) in [6.07, 6.45) is -0.476. The van der Waals surface area contributed by atoms with Gasteiger partial charge in [-0.2, -0.15) is 0 Å². The lowest BCUT2D eigenvalue weighted by atomic mass is 10.2. The standard InChI is InChI=1S/C9H10N2O6S/c12-11(13)6-1-2-8-9(3-6)17-7(5-16-8)4-10-18(14)15/h1-3,7,10H,4-5H2,(H,14,15)/t7-/m0/s1. The van der Waals surface area contributed by atoms with Crippen molar-refractivity contribution in [2.24, 2.45) is 0 Å². The smallest absolute Gasteiger partial charge is 0.273 e. The lowest BCUT2D eigenvalue weighted by Gasteiger charge is -2.25. The summed E-state index contributed by atoms with van der Waals surface area (Å²) in [5.41, 5.74) is -0.100. The van der Waals surface area contributed by atoms with E-state index in [1.165, 1.54) is 18.2 Å². The maximum absolute atomic E-state index is 10.6. The first-order valence-corrected chi connectivity index (χ1v) is 6.09. The molecule has 0 spiro atoms. The summed E-state index contributed by atoms with van der Waals surface area (Å²) in [6.45, 7) is 0.306. The average molecular weight is 274 g/mol. The highest BCUT2D eigenvalue weighted by molar-refractivity contribution is 7.77. The van der Waals surface area contributed by atoms with Crippen LogP contribution in [-0.2, 0) is 11.3 Å². The third-order valence-electron chi connectivity index (χ3n) is 2.29. The van der Waals surface area contributed by atoms with Crippen LogP contribution < -0.4 is 14.2 Å². The van der Waals surface area contributed by atoms with Gasteiger partial charge in [-0.15, -0.1) is 0 Å². The molecule has 1 unspecified atom stereocenters. The Morgan fingerprint density at radius 2 is 2.33 bits per heavy atom. The number of benzene rings is 1. The van der Waals surface area contributed by atoms with Crippen LogP contribution in [-0.4, -0.2) is 32.9 Å². The number of nitro benzene ring substituents is 1. The summed E-state index contributed by atoms with van der Waals surface area (Å²) in [6, 6.07) is 4.04. The molecule has 1 aromatic rings. The highest BCUT2D eigenvalue weighted by atomic mass is 32.2. The molecule has 18 heavy (non-hydrogen) atoms. The number of hydrogen-bond donors (Lipinski definition) is 2. The molecule has 1 aromatic carbocycles. The largest absolute Gasteiger partial charge is 0.486 e. The summed E-state index contributed by atoms with van der Waals surface area (Å²) in [7, 11) is 0. The van der Waals surface area contributed by atoms with Crippen molar-refractivity contribution in [2.75, 3.05) is 13.2 Å². The molecule has 8 nitrogen and oxygen atoms in total. The van der Waals surface area contributed by atoms with Crippen molar-refractivity contribution in [1.29, 1.82) is 0 Å². The molecule has 0 fully saturated rings. The van der Waals surface area contributed by atoms with Crippen molar-refractivity contribution in [3.63, 3.8) is 0 Å². The van der Waals surface area contributed by atoms with Crippen LogP contribution >= 0.6 is 0 Å². The first-order chi connectivity index (χ1) is 8.56. The van der Waals surface area contributed by atoms with E-state index >= 15 is 0 Å². The fourth-order valence-electron chi connectivity index (χ4n) is 1.48. The van der Waals surface area contributed by atoms with E-state index in [9.17, 15) is 14.3 Å². The van der Waals surface area contributed by atoms with Gasteiger partial charge >= 0.3 is 0 Å². The predicted octanol–water partition coefficient (Wildman–Crippen LogP) is 0.461. The molecule has 1 aliphatic rings. The van der Waals surface area contributed by atoms with Crippen LogP contribution in [0.1, 0.15) is 0 Å². The van der Waals surface area contributed by atoms with Crippen molar-refractivity contribution < 1.29 is 23.2 Å². The van der Waals surface area contributed by atoms with Gasteiger partial charge in [0.2, 0.25) is 11.3 Å². The highest BCUT2D eigenvalue weighted by Crippen LogP contribution is 2.34. The Hall–Kier alpha value is -1.71. The minimum absolute atomic E-state index is 0.100. The Morgan fingerprint density at radius 1 is 1.56 bits per heavy atom. The zero-order valence-corrected chi connectivity index (χ0v) is 9.88. The first kappa shape index (κ1) is 12.7. The maximum Gasteiger partial charge on any atom is 0.273 e. The molecule has 9 heteroatoms. The molecule has 0 amide bonds. The van der Waals surface area contributed by atoms with E-state index in [1.54, 1.807) is 0 Å². The van der Waals surface area contributed by atoms with E-state index in [-0.39, 0.29) is 24.6 Å². The van der Waals surface area contributed by atoms with Gasteiger partial charge in [0.25, 0.3) is 5.69 Å². The van der Waals surface area contributed by atoms with Gasteiger partial charge in [-0.25, -0.2) is 8.93 Å². The quantitative estimate of drug-likeness (QED) is 0.469. The number of nitro groups is 1. The number of rotatable bonds is 4. The normalized spacial score (nSPS) is 19.3. The second-order valence-electron chi connectivity index (χ2n) is 3.54. The molecule has 0 saturated carbocycles. The number of fused-ring (bicyclic) bond motifs is 1. The lowest BCUT2D eigenvalue weighted by Crippen LogP contribution is -2.38. The maximum atomic E-state index is 10.6. The van der Waals surface area contributed by atoms with Gasteiger partial charge in [0.15, 0.2) is 11.5 Å². The second-order valence-corrected chi connectivity index (χ2v) is 4.32. The van der Waals surface area contributed by atoms with Crippen molar-refractivity contribution in [2.45, 2.75) is 6.10 Å². The summed E-state index contributed by atoms with van der Waals surface area (Å²) in [5, 5.41) is 10.6. The average Bonchev–Trinajstić information content (AvgIpc) is 2.35. The summed E-state index contributed by atoms with van der Waals surface area (Å²) >= 11 is -2.13. The van der Waals surface area contributed by atoms with Gasteiger partial charge in [-0.1, -0.05) is 0 Å². The summed E-state index contributed by atoms with van der Waals surface area (Å²) in [5.74, 6) is 0.674. The summed E-state index contributed by atoms with van der Waals surface area (Å²) < 4.78 is 32.1. The molecule has 2 atom stereocenters. The van der Waals surface area contributed by atoms with E-state index in [0.717, 1.165) is 0 Å². The minimum atomic E-state index is -2.13. The Kier molecular flexibility index (Phi) is 3.75. The van der Waals surface area contributed by atoms with Crippen molar-refractivity contribution in [1.82, 2.24) is 4.72 Å². The molecule has 0 aromatic heterocycles. The molecule has 1 heterocycles. The highest BCUT2D eigenvalue weighted by Gasteiger charge is 2.23. The third kappa shape index (κ3) is 2.94. The minimum Gasteiger partial charge on any atom is -0.486 e. The van der Waals surface area contributed by atoms with Gasteiger partial charge < -0.3 is 9.47 Å². The molecule has 2 rings (SSSR count). The van der Waals surface area contributed by atoms with E-state index in [2.05, 4.69) is 4.72 Å². The fourth-order valence-corrected chi connectivity index (χ4v) is 1.81. The van der Waals surface area contributed by atoms with E-state index in [0.29, 0.717) is 5.75 Å². The SMILES string of the molecule is O=[N+]([O-])c1ccc2c(c1)O[C@@H](CNS(=O)O)CO2. The van der Waals surface area contributed by atoms with Gasteiger partial charge in [0, 0.05) is 6.07 Å². The number of hydrogen-bond acceptors (Lipinski definition) is 5. The van der Waals surface area contributed by atoms with Crippen LogP contribution in [0.25, 0.3) is 0 Å². The zero-order valence-electron chi connectivity index (χ0n) is 9.07. The van der Waals surface area contributed by atoms with Crippen LogP contribution in [0.5, 0.6) is 11.5 Å². The fraction of sp³-hybridized carbons (Fsp3) is 0.333. The van der Waals surface area contributed by atoms with E-state index in [1.807, 2.05) is 0 Å². The molecular formula is C9H10N2O6S. The van der Waals surface area contributed by atoms with Crippen LogP contribution in [0.2, 0.25) is 0 Å². The monoisotopic (exact) mass is 274 g/mol. The van der Waals surface area contributed by atoms with Crippen LogP contribution in [0, 0.1) is 10.1 Å². The van der Waals surface area contributed by atoms with Gasteiger partial charge in [0.05, 0.1) is 17.5 Å². The Balaban J connectivity index is 2.09. The van der Waals surface area contributed by atoms with Crippen molar-refractivity contribution in [3.8, 4) is 11.5 Å². The van der Waals surface area contributed by atoms with Crippen molar-refractivity contribution in [3.05, 3.63) is 28.3 Å². The van der Waals surface area contributed by atoms with Gasteiger partial charge in [-0.05, 0) is 6.07 Å². The molecule has 1 aliphatic heterocycles. The molecule has 98 valence electrons. The molecule has 0 saturated heterocycles. The third-order valence-corrected chi connectivity index (χ3v) is 2.70. The molecule has 0 radical (unpaired) electrons. The van der Waals surface area contributed by atoms with Crippen LogP contribution in [0.15, 0.2) is 18.2 Å². The number of nitrogens with zero attached hydrogens (tertiary/aromatic N) is 1. The Labute approximate surface area is 104 Å². The van der Waals surface area contributed by atoms with Gasteiger partial charge in [0.1, 0.15) is 12.7 Å². The molecule has 0 bridgehead atoms. The predicted molar refractivity (Wildman–Crippen MR) is 61.8 cm³/mol. The van der Waals surface area contributed by atoms with Crippen LogP contribution in [0.4, 0.5) is 5.69 Å². The van der Waals surface area contributed by atoms with E-state index in [4.69, 9.17) is 14.0 Å². The van der Waals surface area contributed by atoms with Crippen LogP contribution in [0.3, 0.4) is 0 Å². The number of non-ortho nitro benzene ring substituents is 1. The Morgan fingerprint density at radius 3 is 3.00 bits per heavy atom. The molecular weight excluding hydrogens is 264 g/mol. The summed E-state index contributed by atoms with van der Waals surface area (Å²) in [4.78, 5) is 10.1. The zero-order chi connectivity index (χ0) is 13.1. The molecule has 0 aliphatic carbocycles. The first-order valence-electron chi connectivity index (χ1n) is 4.98.